The van der Waals surface area contributed by atoms with Crippen molar-refractivity contribution in [2.45, 2.75) is 38.4 Å². The summed E-state index contributed by atoms with van der Waals surface area (Å²) in [5, 5.41) is 9.77. The van der Waals surface area contributed by atoms with Crippen LogP contribution in [0.3, 0.4) is 0 Å². The minimum Gasteiger partial charge on any atom is -0.493 e. The summed E-state index contributed by atoms with van der Waals surface area (Å²) in [5.74, 6) is 4.43. The standard InChI is InChI=1S/C23H32N4OS/c1-23(2)18-11-10-17(20(23)14-18)15-26(3)16-21-24-25-22(27(21)4)29-13-12-28-19-8-6-5-7-9-19/h5-10,18,20H,11-16H2,1-4H3/t18-,20-/m0/s1. The Labute approximate surface area is 178 Å². The van der Waals surface area contributed by atoms with Gasteiger partial charge in [0.05, 0.1) is 13.2 Å². The van der Waals surface area contributed by atoms with E-state index in [0.29, 0.717) is 12.0 Å². The van der Waals surface area contributed by atoms with Gasteiger partial charge in [0.25, 0.3) is 0 Å². The largest absolute Gasteiger partial charge is 0.493 e. The van der Waals surface area contributed by atoms with Crippen LogP contribution in [0.25, 0.3) is 0 Å². The molecule has 0 radical (unpaired) electrons. The Morgan fingerprint density at radius 1 is 1.21 bits per heavy atom. The Hall–Kier alpha value is -1.79. The highest BCUT2D eigenvalue weighted by molar-refractivity contribution is 7.99. The minimum atomic E-state index is 0.487. The van der Waals surface area contributed by atoms with Crippen molar-refractivity contribution in [2.24, 2.45) is 24.3 Å². The van der Waals surface area contributed by atoms with Gasteiger partial charge in [0, 0.05) is 19.3 Å². The zero-order chi connectivity index (χ0) is 20.4. The first-order valence-corrected chi connectivity index (χ1v) is 11.5. The third kappa shape index (κ3) is 4.38. The molecule has 2 bridgehead atoms. The highest BCUT2D eigenvalue weighted by atomic mass is 32.2. The van der Waals surface area contributed by atoms with Gasteiger partial charge < -0.3 is 9.30 Å². The average Bonchev–Trinajstić information content (AvgIpc) is 3.05. The highest BCUT2D eigenvalue weighted by Gasteiger charge is 2.50. The van der Waals surface area contributed by atoms with E-state index in [4.69, 9.17) is 4.74 Å². The number of rotatable bonds is 9. The molecule has 6 heteroatoms. The number of hydrogen-bond acceptors (Lipinski definition) is 5. The quantitative estimate of drug-likeness (QED) is 0.347. The molecule has 5 nitrogen and oxygen atoms in total. The summed E-state index contributed by atoms with van der Waals surface area (Å²) in [6.07, 6.45) is 5.12. The van der Waals surface area contributed by atoms with Crippen molar-refractivity contribution in [3.8, 4) is 5.75 Å². The molecule has 0 saturated heterocycles. The van der Waals surface area contributed by atoms with Crippen LogP contribution in [0.1, 0.15) is 32.5 Å². The smallest absolute Gasteiger partial charge is 0.191 e. The number of likely N-dealkylation sites (N-methyl/N-ethyl adjacent to an activating group) is 1. The Kier molecular flexibility index (Phi) is 6.02. The van der Waals surface area contributed by atoms with Crippen LogP contribution < -0.4 is 4.74 Å². The maximum Gasteiger partial charge on any atom is 0.191 e. The molecule has 3 aliphatic carbocycles. The molecule has 1 heterocycles. The van der Waals surface area contributed by atoms with Gasteiger partial charge in [-0.1, -0.05) is 55.5 Å². The molecule has 1 aromatic carbocycles. The number of fused-ring (bicyclic) bond motifs is 1. The van der Waals surface area contributed by atoms with Crippen molar-refractivity contribution in [2.75, 3.05) is 26.0 Å². The molecule has 0 unspecified atom stereocenters. The lowest BCUT2D eigenvalue weighted by molar-refractivity contribution is -0.0102. The predicted octanol–water partition coefficient (Wildman–Crippen LogP) is 4.41. The third-order valence-corrected chi connectivity index (χ3v) is 7.68. The monoisotopic (exact) mass is 412 g/mol. The normalized spacial score (nSPS) is 22.3. The van der Waals surface area contributed by atoms with Gasteiger partial charge in [-0.15, -0.1) is 10.2 Å². The van der Waals surface area contributed by atoms with E-state index in [1.807, 2.05) is 30.3 Å². The molecule has 2 aromatic rings. The van der Waals surface area contributed by atoms with Gasteiger partial charge in [-0.25, -0.2) is 0 Å². The maximum absolute atomic E-state index is 5.76. The zero-order valence-corrected chi connectivity index (χ0v) is 18.8. The van der Waals surface area contributed by atoms with Crippen LogP contribution >= 0.6 is 11.8 Å². The van der Waals surface area contributed by atoms with E-state index in [9.17, 15) is 0 Å². The van der Waals surface area contributed by atoms with Crippen molar-refractivity contribution in [1.82, 2.24) is 19.7 Å². The number of hydrogen-bond donors (Lipinski definition) is 0. The van der Waals surface area contributed by atoms with Crippen LogP contribution in [0.5, 0.6) is 5.75 Å². The van der Waals surface area contributed by atoms with Crippen molar-refractivity contribution >= 4 is 11.8 Å². The predicted molar refractivity (Wildman–Crippen MR) is 118 cm³/mol. The zero-order valence-electron chi connectivity index (χ0n) is 18.0. The van der Waals surface area contributed by atoms with Crippen LogP contribution in [0.4, 0.5) is 0 Å². The fourth-order valence-electron chi connectivity index (χ4n) is 4.68. The number of allylic oxidation sites excluding steroid dienone is 1. The first-order chi connectivity index (χ1) is 13.9. The van der Waals surface area contributed by atoms with E-state index >= 15 is 0 Å². The number of para-hydroxylation sites is 1. The summed E-state index contributed by atoms with van der Waals surface area (Å²) in [5.41, 5.74) is 2.11. The van der Waals surface area contributed by atoms with Crippen molar-refractivity contribution in [3.63, 3.8) is 0 Å². The van der Waals surface area contributed by atoms with Crippen LogP contribution in [0.15, 0.2) is 47.1 Å². The highest BCUT2D eigenvalue weighted by Crippen LogP contribution is 2.59. The summed E-state index contributed by atoms with van der Waals surface area (Å²) < 4.78 is 7.87. The van der Waals surface area contributed by atoms with Gasteiger partial charge in [0.15, 0.2) is 5.16 Å². The Morgan fingerprint density at radius 3 is 2.72 bits per heavy atom. The van der Waals surface area contributed by atoms with Gasteiger partial charge in [0.1, 0.15) is 11.6 Å². The van der Waals surface area contributed by atoms with Gasteiger partial charge in [-0.2, -0.15) is 0 Å². The van der Waals surface area contributed by atoms with Gasteiger partial charge in [-0.3, -0.25) is 4.90 Å². The lowest BCUT2D eigenvalue weighted by atomic mass is 9.49. The molecule has 0 amide bonds. The molecule has 0 spiro atoms. The van der Waals surface area contributed by atoms with Gasteiger partial charge in [0.2, 0.25) is 0 Å². The molecule has 1 aromatic heterocycles. The fourth-order valence-corrected chi connectivity index (χ4v) is 5.43. The molecule has 2 atom stereocenters. The summed E-state index contributed by atoms with van der Waals surface area (Å²) in [6.45, 7) is 7.38. The molecule has 5 rings (SSSR count). The number of aromatic nitrogens is 3. The molecule has 1 fully saturated rings. The Bertz CT molecular complexity index is 861. The number of ether oxygens (including phenoxy) is 1. The second kappa shape index (κ2) is 8.52. The van der Waals surface area contributed by atoms with E-state index in [1.54, 1.807) is 17.3 Å². The minimum absolute atomic E-state index is 0.487. The molecule has 0 N–H and O–H groups in total. The Balaban J connectivity index is 1.25. The summed E-state index contributed by atoms with van der Waals surface area (Å²) in [4.78, 5) is 2.37. The average molecular weight is 413 g/mol. The summed E-state index contributed by atoms with van der Waals surface area (Å²) >= 11 is 1.69. The Morgan fingerprint density at radius 2 is 2.00 bits per heavy atom. The van der Waals surface area contributed by atoms with E-state index in [2.05, 4.69) is 53.7 Å². The number of benzene rings is 1. The van der Waals surface area contributed by atoms with Crippen LogP contribution in [-0.4, -0.2) is 45.6 Å². The van der Waals surface area contributed by atoms with E-state index in [1.165, 1.54) is 12.8 Å². The van der Waals surface area contributed by atoms with Gasteiger partial charge in [-0.05, 0) is 49.3 Å². The molecule has 0 aliphatic heterocycles. The molecule has 156 valence electrons. The fraction of sp³-hybridized carbons (Fsp3) is 0.565. The second-order valence-corrected chi connectivity index (χ2v) is 10.0. The molecule has 1 saturated carbocycles. The number of nitrogens with zero attached hydrogens (tertiary/aromatic N) is 4. The summed E-state index contributed by atoms with van der Waals surface area (Å²) in [6, 6.07) is 9.93. The second-order valence-electron chi connectivity index (χ2n) is 8.96. The molecule has 3 aliphatic rings. The first-order valence-electron chi connectivity index (χ1n) is 10.5. The van der Waals surface area contributed by atoms with Crippen LogP contribution in [0.2, 0.25) is 0 Å². The maximum atomic E-state index is 5.76. The lowest BCUT2D eigenvalue weighted by Crippen LogP contribution is -2.49. The SMILES string of the molecule is CN(CC1=CC[C@H]2C[C@@H]1C2(C)C)Cc1nnc(SCCOc2ccccc2)n1C. The van der Waals surface area contributed by atoms with Crippen molar-refractivity contribution < 1.29 is 4.74 Å². The first kappa shape index (κ1) is 20.5. The topological polar surface area (TPSA) is 43.2 Å². The van der Waals surface area contributed by atoms with Gasteiger partial charge >= 0.3 is 0 Å². The molecular formula is C23H32N4OS. The molecular weight excluding hydrogens is 380 g/mol. The van der Waals surface area contributed by atoms with Crippen molar-refractivity contribution in [3.05, 3.63) is 47.8 Å². The van der Waals surface area contributed by atoms with E-state index in [0.717, 1.165) is 47.4 Å². The molecule has 29 heavy (non-hydrogen) atoms. The van der Waals surface area contributed by atoms with E-state index in [-0.39, 0.29) is 0 Å². The lowest BCUT2D eigenvalue weighted by Gasteiger charge is -2.57. The van der Waals surface area contributed by atoms with Crippen molar-refractivity contribution in [1.29, 1.82) is 0 Å². The summed E-state index contributed by atoms with van der Waals surface area (Å²) in [7, 11) is 4.25. The van der Waals surface area contributed by atoms with Crippen LogP contribution in [0, 0.1) is 17.3 Å². The van der Waals surface area contributed by atoms with E-state index < -0.39 is 0 Å². The van der Waals surface area contributed by atoms with Crippen LogP contribution in [-0.2, 0) is 13.6 Å². The number of thioether (sulfide) groups is 1. The third-order valence-electron chi connectivity index (χ3n) is 6.70.